The van der Waals surface area contributed by atoms with Gasteiger partial charge in [0.2, 0.25) is 4.96 Å². The minimum Gasteiger partial charge on any atom is -0.491 e. The van der Waals surface area contributed by atoms with E-state index in [-0.39, 0.29) is 17.6 Å². The van der Waals surface area contributed by atoms with Crippen LogP contribution in [0.15, 0.2) is 53.3 Å². The summed E-state index contributed by atoms with van der Waals surface area (Å²) in [6, 6.07) is 15.1. The van der Waals surface area contributed by atoms with Crippen LogP contribution in [0.2, 0.25) is 0 Å². The van der Waals surface area contributed by atoms with E-state index in [9.17, 15) is 9.59 Å². The lowest BCUT2D eigenvalue weighted by Gasteiger charge is -2.15. The van der Waals surface area contributed by atoms with E-state index in [1.165, 1.54) is 15.9 Å². The third-order valence-electron chi connectivity index (χ3n) is 5.24. The first-order chi connectivity index (χ1) is 15.5. The second kappa shape index (κ2) is 7.87. The van der Waals surface area contributed by atoms with Gasteiger partial charge in [-0.3, -0.25) is 9.59 Å². The van der Waals surface area contributed by atoms with Crippen LogP contribution in [0.3, 0.4) is 0 Å². The summed E-state index contributed by atoms with van der Waals surface area (Å²) < 4.78 is 7.34. The number of aromatic nitrogens is 3. The number of ether oxygens (including phenoxy) is 1. The van der Waals surface area contributed by atoms with Crippen molar-refractivity contribution in [2.45, 2.75) is 33.3 Å². The SMILES string of the molecule is CCCN1C(=O)C(=c2sc3nc(-c4ccc(OC(C)C)cc4)nn3c2=O)c2ccccc21. The van der Waals surface area contributed by atoms with Crippen molar-refractivity contribution in [2.75, 3.05) is 11.4 Å². The predicted molar refractivity (Wildman–Crippen MR) is 125 cm³/mol. The molecule has 0 unspecified atom stereocenters. The number of carbonyl (C=O) groups is 1. The van der Waals surface area contributed by atoms with Crippen molar-refractivity contribution < 1.29 is 9.53 Å². The molecule has 7 nitrogen and oxygen atoms in total. The summed E-state index contributed by atoms with van der Waals surface area (Å²) in [5, 5.41) is 4.43. The number of hydrogen-bond acceptors (Lipinski definition) is 6. The van der Waals surface area contributed by atoms with Gasteiger partial charge < -0.3 is 9.64 Å². The van der Waals surface area contributed by atoms with Gasteiger partial charge in [0.1, 0.15) is 10.3 Å². The molecule has 0 saturated heterocycles. The second-order valence-corrected chi connectivity index (χ2v) is 8.88. The molecule has 1 aliphatic heterocycles. The number of anilines is 1. The van der Waals surface area contributed by atoms with Crippen LogP contribution in [0.1, 0.15) is 32.8 Å². The number of rotatable bonds is 5. The number of carbonyl (C=O) groups excluding carboxylic acids is 1. The maximum atomic E-state index is 13.2. The minimum atomic E-state index is -0.319. The Balaban J connectivity index is 1.60. The van der Waals surface area contributed by atoms with Crippen LogP contribution in [0.5, 0.6) is 5.75 Å². The zero-order valence-electron chi connectivity index (χ0n) is 18.0. The van der Waals surface area contributed by atoms with Gasteiger partial charge in [0.15, 0.2) is 5.82 Å². The molecule has 2 aromatic carbocycles. The summed E-state index contributed by atoms with van der Waals surface area (Å²) in [6.45, 7) is 6.58. The minimum absolute atomic E-state index is 0.0903. The molecule has 4 aromatic rings. The van der Waals surface area contributed by atoms with E-state index in [0.717, 1.165) is 29.0 Å². The fourth-order valence-corrected chi connectivity index (χ4v) is 4.91. The van der Waals surface area contributed by atoms with E-state index in [1.807, 2.05) is 69.3 Å². The molecule has 0 atom stereocenters. The summed E-state index contributed by atoms with van der Waals surface area (Å²) >= 11 is 1.20. The lowest BCUT2D eigenvalue weighted by molar-refractivity contribution is -0.113. The van der Waals surface area contributed by atoms with Crippen molar-refractivity contribution in [1.29, 1.82) is 0 Å². The van der Waals surface area contributed by atoms with E-state index in [0.29, 0.717) is 27.4 Å². The number of fused-ring (bicyclic) bond motifs is 2. The Kier molecular flexibility index (Phi) is 5.01. The molecule has 0 bridgehead atoms. The lowest BCUT2D eigenvalue weighted by atomic mass is 10.1. The largest absolute Gasteiger partial charge is 0.491 e. The van der Waals surface area contributed by atoms with E-state index in [1.54, 1.807) is 4.90 Å². The van der Waals surface area contributed by atoms with Gasteiger partial charge in [-0.25, -0.2) is 0 Å². The van der Waals surface area contributed by atoms with Crippen LogP contribution in [-0.4, -0.2) is 33.2 Å². The van der Waals surface area contributed by atoms with Gasteiger partial charge in [0.05, 0.1) is 17.4 Å². The number of benzene rings is 2. The molecule has 32 heavy (non-hydrogen) atoms. The molecule has 162 valence electrons. The van der Waals surface area contributed by atoms with Gasteiger partial charge in [-0.2, -0.15) is 9.50 Å². The molecule has 0 saturated carbocycles. The summed E-state index contributed by atoms with van der Waals surface area (Å²) in [5.74, 6) is 1.09. The summed E-state index contributed by atoms with van der Waals surface area (Å²) in [7, 11) is 0. The fraction of sp³-hybridized carbons (Fsp3) is 0.250. The highest BCUT2D eigenvalue weighted by atomic mass is 32.1. The van der Waals surface area contributed by atoms with Gasteiger partial charge in [-0.1, -0.05) is 36.5 Å². The predicted octanol–water partition coefficient (Wildman–Crippen LogP) is 3.28. The Hall–Kier alpha value is -3.52. The molecule has 8 heteroatoms. The van der Waals surface area contributed by atoms with E-state index in [4.69, 9.17) is 4.74 Å². The first-order valence-electron chi connectivity index (χ1n) is 10.6. The zero-order chi connectivity index (χ0) is 22.4. The third-order valence-corrected chi connectivity index (χ3v) is 6.27. The fourth-order valence-electron chi connectivity index (χ4n) is 3.91. The number of amides is 1. The molecule has 5 rings (SSSR count). The summed E-state index contributed by atoms with van der Waals surface area (Å²) in [6.07, 6.45) is 0.921. The first kappa shape index (κ1) is 20.4. The van der Waals surface area contributed by atoms with E-state index < -0.39 is 0 Å². The number of nitrogens with zero attached hydrogens (tertiary/aromatic N) is 4. The van der Waals surface area contributed by atoms with Gasteiger partial charge in [-0.15, -0.1) is 5.10 Å². The Morgan fingerprint density at radius 3 is 2.50 bits per heavy atom. The molecule has 0 aliphatic carbocycles. The molecule has 0 radical (unpaired) electrons. The lowest BCUT2D eigenvalue weighted by Crippen LogP contribution is -2.32. The van der Waals surface area contributed by atoms with Gasteiger partial charge in [0.25, 0.3) is 11.5 Å². The van der Waals surface area contributed by atoms with Crippen molar-refractivity contribution in [1.82, 2.24) is 14.6 Å². The standard InChI is InChI=1S/C24H22N4O3S/c1-4-13-27-18-8-6-5-7-17(18)19(22(27)29)20-23(30)28-24(32-20)25-21(26-28)15-9-11-16(12-10-15)31-14(2)3/h5-12,14H,4,13H2,1-3H3. The highest BCUT2D eigenvalue weighted by Gasteiger charge is 2.33. The van der Waals surface area contributed by atoms with Crippen LogP contribution in [0.25, 0.3) is 21.9 Å². The van der Waals surface area contributed by atoms with Crippen molar-refractivity contribution in [3.05, 3.63) is 69.0 Å². The quantitative estimate of drug-likeness (QED) is 0.470. The van der Waals surface area contributed by atoms with Gasteiger partial charge >= 0.3 is 0 Å². The monoisotopic (exact) mass is 446 g/mol. The Bertz CT molecular complexity index is 1440. The maximum Gasteiger partial charge on any atom is 0.291 e. The van der Waals surface area contributed by atoms with Crippen molar-refractivity contribution in [3.8, 4) is 17.1 Å². The summed E-state index contributed by atoms with van der Waals surface area (Å²) in [5.41, 5.74) is 2.54. The molecule has 0 spiro atoms. The van der Waals surface area contributed by atoms with Crippen LogP contribution in [-0.2, 0) is 4.79 Å². The third kappa shape index (κ3) is 3.27. The van der Waals surface area contributed by atoms with Crippen molar-refractivity contribution >= 4 is 33.5 Å². The molecular formula is C24H22N4O3S. The van der Waals surface area contributed by atoms with E-state index >= 15 is 0 Å². The molecule has 2 aromatic heterocycles. The molecule has 1 amide bonds. The molecule has 1 aliphatic rings. The second-order valence-electron chi connectivity index (χ2n) is 7.91. The van der Waals surface area contributed by atoms with Gasteiger partial charge in [0, 0.05) is 17.7 Å². The Morgan fingerprint density at radius 2 is 1.81 bits per heavy atom. The number of hydrogen-bond donors (Lipinski definition) is 0. The normalized spacial score (nSPS) is 15.1. The van der Waals surface area contributed by atoms with Crippen LogP contribution >= 0.6 is 11.3 Å². The Labute approximate surface area is 188 Å². The molecular weight excluding hydrogens is 424 g/mol. The van der Waals surface area contributed by atoms with Crippen LogP contribution in [0.4, 0.5) is 5.69 Å². The van der Waals surface area contributed by atoms with Crippen molar-refractivity contribution in [3.63, 3.8) is 0 Å². The molecule has 0 N–H and O–H groups in total. The first-order valence-corrected chi connectivity index (χ1v) is 11.4. The Morgan fingerprint density at radius 1 is 1.06 bits per heavy atom. The average Bonchev–Trinajstić information content (AvgIpc) is 3.40. The topological polar surface area (TPSA) is 76.8 Å². The summed E-state index contributed by atoms with van der Waals surface area (Å²) in [4.78, 5) is 33.2. The molecule has 3 heterocycles. The number of para-hydroxylation sites is 1. The highest BCUT2D eigenvalue weighted by Crippen LogP contribution is 2.35. The van der Waals surface area contributed by atoms with Crippen LogP contribution in [0, 0.1) is 0 Å². The molecule has 0 fully saturated rings. The van der Waals surface area contributed by atoms with Crippen LogP contribution < -0.4 is 19.7 Å². The van der Waals surface area contributed by atoms with Gasteiger partial charge in [-0.05, 0) is 50.6 Å². The average molecular weight is 447 g/mol. The maximum absolute atomic E-state index is 13.2. The van der Waals surface area contributed by atoms with Crippen molar-refractivity contribution in [2.24, 2.45) is 0 Å². The smallest absolute Gasteiger partial charge is 0.291 e. The highest BCUT2D eigenvalue weighted by molar-refractivity contribution is 7.15. The van der Waals surface area contributed by atoms with E-state index in [2.05, 4.69) is 10.1 Å². The number of thiazole rings is 1. The zero-order valence-corrected chi connectivity index (χ0v) is 18.8.